The Bertz CT molecular complexity index is 844. The zero-order chi connectivity index (χ0) is 22.6. The molecule has 170 valence electrons. The highest BCUT2D eigenvalue weighted by atomic mass is 32.2. The summed E-state index contributed by atoms with van der Waals surface area (Å²) in [6, 6.07) is 5.50. The van der Waals surface area contributed by atoms with Gasteiger partial charge in [-0.1, -0.05) is 6.07 Å². The van der Waals surface area contributed by atoms with E-state index in [0.717, 1.165) is 5.56 Å². The number of carbonyl (C=O) groups is 1. The summed E-state index contributed by atoms with van der Waals surface area (Å²) in [4.78, 5) is 14.7. The largest absolute Gasteiger partial charge is 0.493 e. The number of benzene rings is 1. The van der Waals surface area contributed by atoms with Gasteiger partial charge in [-0.25, -0.2) is 8.42 Å². The molecule has 0 bridgehead atoms. The fourth-order valence-corrected chi connectivity index (χ4v) is 4.64. The van der Waals surface area contributed by atoms with E-state index in [1.165, 1.54) is 27.6 Å². The first kappa shape index (κ1) is 24.4. The van der Waals surface area contributed by atoms with Crippen LogP contribution in [0.1, 0.15) is 18.4 Å². The first-order valence-corrected chi connectivity index (χ1v) is 11.5. The Morgan fingerprint density at radius 2 is 1.67 bits per heavy atom. The van der Waals surface area contributed by atoms with E-state index in [1.54, 1.807) is 25.2 Å². The van der Waals surface area contributed by atoms with E-state index >= 15 is 0 Å². The van der Waals surface area contributed by atoms with Gasteiger partial charge < -0.3 is 28.6 Å². The highest BCUT2D eigenvalue weighted by Crippen LogP contribution is 2.42. The molecule has 1 aliphatic rings. The van der Waals surface area contributed by atoms with Crippen LogP contribution < -0.4 is 9.47 Å². The van der Waals surface area contributed by atoms with Crippen LogP contribution in [-0.4, -0.2) is 85.8 Å². The van der Waals surface area contributed by atoms with Crippen molar-refractivity contribution in [2.75, 3.05) is 60.6 Å². The third-order valence-electron chi connectivity index (χ3n) is 5.66. The van der Waals surface area contributed by atoms with Gasteiger partial charge in [0.15, 0.2) is 11.5 Å². The number of carbonyl (C=O) groups excluding carboxylic acids is 1. The molecule has 30 heavy (non-hydrogen) atoms. The quantitative estimate of drug-likeness (QED) is 0.495. The predicted molar refractivity (Wildman–Crippen MR) is 111 cm³/mol. The summed E-state index contributed by atoms with van der Waals surface area (Å²) in [5.41, 5.74) is 0.288. The molecule has 1 amide bonds. The standard InChI is InChI=1S/C20H31NO8S/c1-25-16-8-7-15(13-17(16)26-2)19(10-12-30(6,23)24)9-11-21(14-19)18(22)20(27-3,28-4)29-5/h7-8,13H,9-12,14H2,1-6H3. The topological polar surface area (TPSA) is 101 Å². The molecule has 0 aromatic heterocycles. The van der Waals surface area contributed by atoms with Crippen LogP contribution in [0, 0.1) is 0 Å². The van der Waals surface area contributed by atoms with Gasteiger partial charge >= 0.3 is 11.9 Å². The molecular weight excluding hydrogens is 414 g/mol. The lowest BCUT2D eigenvalue weighted by molar-refractivity contribution is -0.331. The molecule has 1 aliphatic heterocycles. The Morgan fingerprint density at radius 1 is 1.07 bits per heavy atom. The Labute approximate surface area is 178 Å². The second-order valence-corrected chi connectivity index (χ2v) is 9.63. The van der Waals surface area contributed by atoms with Gasteiger partial charge in [0, 0.05) is 46.1 Å². The van der Waals surface area contributed by atoms with E-state index in [4.69, 9.17) is 23.7 Å². The molecular formula is C20H31NO8S. The monoisotopic (exact) mass is 445 g/mol. The number of hydrogen-bond acceptors (Lipinski definition) is 8. The van der Waals surface area contributed by atoms with Crippen molar-refractivity contribution < 1.29 is 36.9 Å². The van der Waals surface area contributed by atoms with Crippen molar-refractivity contribution in [3.05, 3.63) is 23.8 Å². The minimum absolute atomic E-state index is 0.00660. The minimum atomic E-state index is -3.20. The molecule has 0 saturated carbocycles. The van der Waals surface area contributed by atoms with Crippen LogP contribution in [0.3, 0.4) is 0 Å². The number of nitrogens with zero attached hydrogens (tertiary/aromatic N) is 1. The van der Waals surface area contributed by atoms with Crippen LogP contribution in [0.15, 0.2) is 18.2 Å². The first-order chi connectivity index (χ1) is 14.1. The molecule has 2 rings (SSSR count). The summed E-state index contributed by atoms with van der Waals surface area (Å²) >= 11 is 0. The van der Waals surface area contributed by atoms with Crippen molar-refractivity contribution in [2.45, 2.75) is 24.2 Å². The summed E-state index contributed by atoms with van der Waals surface area (Å²) in [5.74, 6) is -1.21. The highest BCUT2D eigenvalue weighted by Gasteiger charge is 2.49. The summed E-state index contributed by atoms with van der Waals surface area (Å²) in [6.07, 6.45) is 2.13. The van der Waals surface area contributed by atoms with Gasteiger partial charge in [-0.3, -0.25) is 4.79 Å². The summed E-state index contributed by atoms with van der Waals surface area (Å²) in [6.45, 7) is 0.684. The first-order valence-electron chi connectivity index (χ1n) is 9.45. The predicted octanol–water partition coefficient (Wildman–Crippen LogP) is 1.20. The lowest BCUT2D eigenvalue weighted by Gasteiger charge is -2.33. The Hall–Kier alpha value is -1.88. The van der Waals surface area contributed by atoms with Crippen molar-refractivity contribution in [3.63, 3.8) is 0 Å². The second kappa shape index (κ2) is 9.51. The minimum Gasteiger partial charge on any atom is -0.493 e. The van der Waals surface area contributed by atoms with E-state index < -0.39 is 27.1 Å². The molecule has 1 aromatic rings. The molecule has 1 heterocycles. The van der Waals surface area contributed by atoms with Crippen molar-refractivity contribution in [1.29, 1.82) is 0 Å². The number of rotatable bonds is 10. The fourth-order valence-electron chi connectivity index (χ4n) is 3.88. The van der Waals surface area contributed by atoms with Gasteiger partial charge in [0.2, 0.25) is 0 Å². The summed E-state index contributed by atoms with van der Waals surface area (Å²) < 4.78 is 50.2. The van der Waals surface area contributed by atoms with Crippen LogP contribution >= 0.6 is 0 Å². The lowest BCUT2D eigenvalue weighted by Crippen LogP contribution is -2.53. The van der Waals surface area contributed by atoms with Gasteiger partial charge in [0.25, 0.3) is 0 Å². The van der Waals surface area contributed by atoms with Gasteiger partial charge in [-0.15, -0.1) is 0 Å². The van der Waals surface area contributed by atoms with Gasteiger partial charge in [-0.2, -0.15) is 0 Å². The van der Waals surface area contributed by atoms with Gasteiger partial charge in [0.1, 0.15) is 9.84 Å². The Morgan fingerprint density at radius 3 is 2.17 bits per heavy atom. The number of sulfone groups is 1. The Balaban J connectivity index is 2.44. The van der Waals surface area contributed by atoms with Crippen molar-refractivity contribution >= 4 is 15.7 Å². The number of ether oxygens (including phenoxy) is 5. The molecule has 0 aliphatic carbocycles. The SMILES string of the molecule is COc1ccc(C2(CCS(C)(=O)=O)CCN(C(=O)C(OC)(OC)OC)C2)cc1OC. The van der Waals surface area contributed by atoms with E-state index in [-0.39, 0.29) is 12.3 Å². The molecule has 1 aromatic carbocycles. The lowest BCUT2D eigenvalue weighted by atomic mass is 9.77. The molecule has 1 fully saturated rings. The smallest absolute Gasteiger partial charge is 0.367 e. The average Bonchev–Trinajstić information content (AvgIpc) is 3.18. The molecule has 10 heteroatoms. The maximum atomic E-state index is 13.1. The van der Waals surface area contributed by atoms with Gasteiger partial charge in [0.05, 0.1) is 20.0 Å². The van der Waals surface area contributed by atoms with E-state index in [1.807, 2.05) is 12.1 Å². The van der Waals surface area contributed by atoms with E-state index in [9.17, 15) is 13.2 Å². The van der Waals surface area contributed by atoms with Crippen LogP contribution in [0.25, 0.3) is 0 Å². The molecule has 0 N–H and O–H groups in total. The van der Waals surface area contributed by atoms with E-state index in [0.29, 0.717) is 30.9 Å². The number of methoxy groups -OCH3 is 5. The summed E-state index contributed by atoms with van der Waals surface area (Å²) in [5, 5.41) is 0. The molecule has 1 saturated heterocycles. The Kier molecular flexibility index (Phi) is 7.73. The van der Waals surface area contributed by atoms with Crippen LogP contribution in [0.4, 0.5) is 0 Å². The third-order valence-corrected chi connectivity index (χ3v) is 6.60. The second-order valence-electron chi connectivity index (χ2n) is 7.38. The molecule has 1 unspecified atom stereocenters. The van der Waals surface area contributed by atoms with Crippen LogP contribution in [-0.2, 0) is 34.3 Å². The molecule has 1 atom stereocenters. The number of amides is 1. The van der Waals surface area contributed by atoms with Crippen molar-refractivity contribution in [2.24, 2.45) is 0 Å². The third kappa shape index (κ3) is 4.88. The number of likely N-dealkylation sites (tertiary alicyclic amines) is 1. The molecule has 0 radical (unpaired) electrons. The fraction of sp³-hybridized carbons (Fsp3) is 0.650. The molecule has 0 spiro atoms. The summed E-state index contributed by atoms with van der Waals surface area (Å²) in [7, 11) is 3.87. The highest BCUT2D eigenvalue weighted by molar-refractivity contribution is 7.90. The van der Waals surface area contributed by atoms with Crippen molar-refractivity contribution in [3.8, 4) is 11.5 Å². The van der Waals surface area contributed by atoms with Crippen molar-refractivity contribution in [1.82, 2.24) is 4.90 Å². The zero-order valence-electron chi connectivity index (χ0n) is 18.4. The van der Waals surface area contributed by atoms with Gasteiger partial charge in [-0.05, 0) is 30.5 Å². The normalized spacial score (nSPS) is 19.7. The van der Waals surface area contributed by atoms with Crippen LogP contribution in [0.2, 0.25) is 0 Å². The maximum absolute atomic E-state index is 13.1. The number of hydrogen-bond donors (Lipinski definition) is 0. The average molecular weight is 446 g/mol. The molecule has 9 nitrogen and oxygen atoms in total. The maximum Gasteiger partial charge on any atom is 0.367 e. The van der Waals surface area contributed by atoms with Crippen LogP contribution in [0.5, 0.6) is 11.5 Å². The zero-order valence-corrected chi connectivity index (χ0v) is 19.2. The van der Waals surface area contributed by atoms with E-state index in [2.05, 4.69) is 0 Å².